The van der Waals surface area contributed by atoms with Crippen LogP contribution in [0.5, 0.6) is 11.5 Å². The molecule has 2 rings (SSSR count). The van der Waals surface area contributed by atoms with Gasteiger partial charge in [0.15, 0.2) is 18.1 Å². The maximum absolute atomic E-state index is 12.0. The summed E-state index contributed by atoms with van der Waals surface area (Å²) in [5.74, 6) is -0.485. The van der Waals surface area contributed by atoms with Gasteiger partial charge in [0.1, 0.15) is 0 Å². The molecule has 0 heterocycles. The molecule has 0 spiro atoms. The molecule has 0 fully saturated rings. The van der Waals surface area contributed by atoms with Crippen molar-refractivity contribution >= 4 is 45.6 Å². The molecular weight excluding hydrogens is 426 g/mol. The van der Waals surface area contributed by atoms with E-state index in [2.05, 4.69) is 26.5 Å². The Balaban J connectivity index is 2.09. The summed E-state index contributed by atoms with van der Waals surface area (Å²) in [6, 6.07) is 9.99. The highest BCUT2D eigenvalue weighted by Crippen LogP contribution is 2.35. The highest BCUT2D eigenvalue weighted by molar-refractivity contribution is 9.10. The number of carbonyl (C=O) groups excluding carboxylic acids is 2. The van der Waals surface area contributed by atoms with Gasteiger partial charge in [-0.25, -0.2) is 5.43 Å². The van der Waals surface area contributed by atoms with Crippen LogP contribution in [0.4, 0.5) is 0 Å². The van der Waals surface area contributed by atoms with E-state index in [0.717, 1.165) is 4.47 Å². The van der Waals surface area contributed by atoms with Gasteiger partial charge in [-0.15, -0.1) is 0 Å². The summed E-state index contributed by atoms with van der Waals surface area (Å²) in [4.78, 5) is 22.8. The third-order valence-electron chi connectivity index (χ3n) is 3.10. The maximum atomic E-state index is 12.0. The highest BCUT2D eigenvalue weighted by Gasteiger charge is 2.12. The number of nitrogens with zero attached hydrogens (tertiary/aromatic N) is 1. The summed E-state index contributed by atoms with van der Waals surface area (Å²) in [6.07, 6.45) is 1.41. The molecule has 2 aromatic carbocycles. The molecule has 0 radical (unpaired) electrons. The van der Waals surface area contributed by atoms with E-state index >= 15 is 0 Å². The number of hydrogen-bond acceptors (Lipinski definition) is 5. The van der Waals surface area contributed by atoms with E-state index < -0.39 is 5.91 Å². The number of nitrogens with one attached hydrogen (secondary N) is 1. The largest absolute Gasteiger partial charge is 0.493 e. The Bertz CT molecular complexity index is 841. The molecule has 0 saturated heterocycles. The van der Waals surface area contributed by atoms with Crippen LogP contribution < -0.4 is 20.6 Å². The van der Waals surface area contributed by atoms with Crippen LogP contribution >= 0.6 is 27.5 Å². The maximum Gasteiger partial charge on any atom is 0.271 e. The van der Waals surface area contributed by atoms with Gasteiger partial charge in [0.25, 0.3) is 11.8 Å². The van der Waals surface area contributed by atoms with Gasteiger partial charge in [0.2, 0.25) is 0 Å². The second-order valence-corrected chi connectivity index (χ2v) is 6.32. The number of benzene rings is 2. The minimum atomic E-state index is -0.635. The first-order valence-electron chi connectivity index (χ1n) is 7.28. The van der Waals surface area contributed by atoms with Gasteiger partial charge < -0.3 is 15.2 Å². The highest BCUT2D eigenvalue weighted by atomic mass is 79.9. The number of carbonyl (C=O) groups is 2. The molecule has 0 aliphatic rings. The smallest absolute Gasteiger partial charge is 0.271 e. The lowest BCUT2D eigenvalue weighted by Gasteiger charge is -2.12. The fourth-order valence-electron chi connectivity index (χ4n) is 1.93. The number of amides is 2. The molecule has 136 valence electrons. The second kappa shape index (κ2) is 9.21. The fraction of sp³-hybridized carbons (Fsp3) is 0.118. The average molecular weight is 441 g/mol. The molecule has 0 bridgehead atoms. The zero-order valence-corrected chi connectivity index (χ0v) is 16.0. The molecule has 7 nitrogen and oxygen atoms in total. The summed E-state index contributed by atoms with van der Waals surface area (Å²) >= 11 is 9.44. The minimum Gasteiger partial charge on any atom is -0.493 e. The van der Waals surface area contributed by atoms with Crippen molar-refractivity contribution in [2.75, 3.05) is 13.7 Å². The van der Waals surface area contributed by atoms with Crippen LogP contribution in [0.15, 0.2) is 46.0 Å². The molecule has 0 saturated carbocycles. The van der Waals surface area contributed by atoms with Gasteiger partial charge in [0.05, 0.1) is 18.3 Å². The van der Waals surface area contributed by atoms with E-state index in [1.165, 1.54) is 13.3 Å². The van der Waals surface area contributed by atoms with E-state index in [1.54, 1.807) is 36.4 Å². The summed E-state index contributed by atoms with van der Waals surface area (Å²) in [6.45, 7) is -0.327. The molecule has 3 N–H and O–H groups in total. The van der Waals surface area contributed by atoms with Crippen LogP contribution in [0.3, 0.4) is 0 Å². The van der Waals surface area contributed by atoms with Crippen LogP contribution in [0.2, 0.25) is 5.02 Å². The Labute approximate surface area is 163 Å². The third kappa shape index (κ3) is 5.47. The van der Waals surface area contributed by atoms with Crippen molar-refractivity contribution in [1.82, 2.24) is 5.43 Å². The quantitative estimate of drug-likeness (QED) is 0.510. The van der Waals surface area contributed by atoms with E-state index in [1.807, 2.05) is 0 Å². The molecule has 0 atom stereocenters. The predicted octanol–water partition coefficient (Wildman–Crippen LogP) is 2.74. The third-order valence-corrected chi connectivity index (χ3v) is 3.91. The number of hydrazone groups is 1. The van der Waals surface area contributed by atoms with E-state index in [-0.39, 0.29) is 23.3 Å². The van der Waals surface area contributed by atoms with Crippen molar-refractivity contribution in [3.63, 3.8) is 0 Å². The number of halogens is 2. The van der Waals surface area contributed by atoms with Crippen molar-refractivity contribution in [3.05, 3.63) is 57.0 Å². The summed E-state index contributed by atoms with van der Waals surface area (Å²) < 4.78 is 11.3. The van der Waals surface area contributed by atoms with Crippen LogP contribution in [0, 0.1) is 0 Å². The number of ether oxygens (including phenoxy) is 2. The molecule has 2 amide bonds. The molecule has 0 aliphatic heterocycles. The van der Waals surface area contributed by atoms with Gasteiger partial charge >= 0.3 is 0 Å². The molecule has 26 heavy (non-hydrogen) atoms. The first kappa shape index (κ1) is 19.7. The minimum absolute atomic E-state index is 0.198. The first-order valence-corrected chi connectivity index (χ1v) is 8.45. The lowest BCUT2D eigenvalue weighted by atomic mass is 10.2. The zero-order chi connectivity index (χ0) is 19.1. The lowest BCUT2D eigenvalue weighted by Crippen LogP contribution is -2.20. The summed E-state index contributed by atoms with van der Waals surface area (Å²) in [5.41, 5.74) is 8.50. The van der Waals surface area contributed by atoms with E-state index in [4.69, 9.17) is 26.8 Å². The van der Waals surface area contributed by atoms with Gasteiger partial charge in [-0.1, -0.05) is 27.5 Å². The van der Waals surface area contributed by atoms with E-state index in [0.29, 0.717) is 16.9 Å². The molecule has 9 heteroatoms. The van der Waals surface area contributed by atoms with Crippen molar-refractivity contribution in [1.29, 1.82) is 0 Å². The zero-order valence-electron chi connectivity index (χ0n) is 13.7. The number of rotatable bonds is 7. The summed E-state index contributed by atoms with van der Waals surface area (Å²) in [7, 11) is 1.43. The molecule has 0 aromatic heterocycles. The Morgan fingerprint density at radius 1 is 1.31 bits per heavy atom. The molecule has 2 aromatic rings. The standard InChI is InChI=1S/C17H15BrClN3O4/c1-25-14-7-10(6-13(19)16(14)26-9-15(20)23)8-21-22-17(24)11-2-4-12(18)5-3-11/h2-8H,9H2,1H3,(H2,20,23)(H,22,24)/b21-8+. The molecular formula is C17H15BrClN3O4. The van der Waals surface area contributed by atoms with Gasteiger partial charge in [0, 0.05) is 10.0 Å². The average Bonchev–Trinajstić information content (AvgIpc) is 2.60. The number of primary amides is 1. The fourth-order valence-corrected chi connectivity index (χ4v) is 2.47. The Hall–Kier alpha value is -2.58. The van der Waals surface area contributed by atoms with Crippen LogP contribution in [0.25, 0.3) is 0 Å². The van der Waals surface area contributed by atoms with Crippen molar-refractivity contribution in [3.8, 4) is 11.5 Å². The van der Waals surface area contributed by atoms with Crippen molar-refractivity contribution in [2.24, 2.45) is 10.8 Å². The van der Waals surface area contributed by atoms with E-state index in [9.17, 15) is 9.59 Å². The van der Waals surface area contributed by atoms with Gasteiger partial charge in [-0.3, -0.25) is 9.59 Å². The van der Waals surface area contributed by atoms with Crippen molar-refractivity contribution < 1.29 is 19.1 Å². The monoisotopic (exact) mass is 439 g/mol. The Morgan fingerprint density at radius 3 is 2.62 bits per heavy atom. The predicted molar refractivity (Wildman–Crippen MR) is 102 cm³/mol. The van der Waals surface area contributed by atoms with Crippen LogP contribution in [-0.4, -0.2) is 31.7 Å². The van der Waals surface area contributed by atoms with Crippen LogP contribution in [-0.2, 0) is 4.79 Å². The SMILES string of the molecule is COc1cc(/C=N/NC(=O)c2ccc(Br)cc2)cc(Cl)c1OCC(N)=O. The van der Waals surface area contributed by atoms with Crippen molar-refractivity contribution in [2.45, 2.75) is 0 Å². The number of hydrogen-bond donors (Lipinski definition) is 2. The van der Waals surface area contributed by atoms with Gasteiger partial charge in [-0.2, -0.15) is 5.10 Å². The Morgan fingerprint density at radius 2 is 2.00 bits per heavy atom. The Kier molecular flexibility index (Phi) is 6.99. The van der Waals surface area contributed by atoms with Crippen LogP contribution in [0.1, 0.15) is 15.9 Å². The first-order chi connectivity index (χ1) is 12.4. The molecule has 0 aliphatic carbocycles. The second-order valence-electron chi connectivity index (χ2n) is 5.00. The number of nitrogens with two attached hydrogens (primary N) is 1. The molecule has 0 unspecified atom stereocenters. The topological polar surface area (TPSA) is 103 Å². The van der Waals surface area contributed by atoms with Gasteiger partial charge in [-0.05, 0) is 42.0 Å². The normalized spacial score (nSPS) is 10.6. The number of methoxy groups -OCH3 is 1. The summed E-state index contributed by atoms with van der Waals surface area (Å²) in [5, 5.41) is 4.11. The lowest BCUT2D eigenvalue weighted by molar-refractivity contribution is -0.119.